The molecule has 0 saturated carbocycles. The van der Waals surface area contributed by atoms with Crippen molar-refractivity contribution in [3.63, 3.8) is 0 Å². The molecule has 3 aromatic carbocycles. The lowest BCUT2D eigenvalue weighted by molar-refractivity contribution is -0.136. The van der Waals surface area contributed by atoms with Gasteiger partial charge in [0.1, 0.15) is 17.9 Å². The maximum Gasteiger partial charge on any atom is 0.307 e. The van der Waals surface area contributed by atoms with Crippen LogP contribution in [0, 0.1) is 0 Å². The van der Waals surface area contributed by atoms with Gasteiger partial charge >= 0.3 is 5.97 Å². The summed E-state index contributed by atoms with van der Waals surface area (Å²) in [6, 6.07) is 21.4. The maximum absolute atomic E-state index is 11.1. The molecule has 4 rings (SSSR count). The zero-order chi connectivity index (χ0) is 21.1. The molecule has 0 aliphatic rings. The number of carbonyl (C=O) groups is 1. The number of para-hydroxylation sites is 1. The highest BCUT2D eigenvalue weighted by atomic mass is 16.5. The van der Waals surface area contributed by atoms with Crippen LogP contribution in [0.15, 0.2) is 77.4 Å². The van der Waals surface area contributed by atoms with Crippen molar-refractivity contribution in [2.24, 2.45) is 5.73 Å². The van der Waals surface area contributed by atoms with Crippen LogP contribution in [0.5, 0.6) is 5.75 Å². The second kappa shape index (κ2) is 8.43. The van der Waals surface area contributed by atoms with E-state index in [4.69, 9.17) is 20.0 Å². The molecule has 0 aliphatic carbocycles. The Morgan fingerprint density at radius 3 is 2.63 bits per heavy atom. The topological polar surface area (TPSA) is 85.7 Å². The number of hydrogen-bond donors (Lipinski definition) is 2. The number of rotatable bonds is 7. The average molecular weight is 401 g/mol. The van der Waals surface area contributed by atoms with Gasteiger partial charge < -0.3 is 20.0 Å². The van der Waals surface area contributed by atoms with E-state index >= 15 is 0 Å². The van der Waals surface area contributed by atoms with E-state index in [1.807, 2.05) is 37.3 Å². The second-order valence-corrected chi connectivity index (χ2v) is 7.35. The third-order valence-electron chi connectivity index (χ3n) is 5.10. The SMILES string of the molecule is C[C@@H](N)c1cccc(-c2ccc3occ(COc4ccccc4CC(=O)O)c3c2)c1. The molecule has 0 bridgehead atoms. The van der Waals surface area contributed by atoms with E-state index in [9.17, 15) is 4.79 Å². The van der Waals surface area contributed by atoms with Crippen molar-refractivity contribution in [3.05, 3.63) is 89.7 Å². The van der Waals surface area contributed by atoms with Gasteiger partial charge in [0.05, 0.1) is 12.7 Å². The predicted molar refractivity (Wildman–Crippen MR) is 116 cm³/mol. The molecule has 1 aromatic heterocycles. The molecule has 5 nitrogen and oxygen atoms in total. The number of ether oxygens (including phenoxy) is 1. The zero-order valence-corrected chi connectivity index (χ0v) is 16.7. The summed E-state index contributed by atoms with van der Waals surface area (Å²) in [5, 5.41) is 10.1. The van der Waals surface area contributed by atoms with Crippen molar-refractivity contribution >= 4 is 16.9 Å². The number of furan rings is 1. The molecule has 3 N–H and O–H groups in total. The fourth-order valence-corrected chi connectivity index (χ4v) is 3.48. The van der Waals surface area contributed by atoms with Crippen LogP contribution in [0.4, 0.5) is 0 Å². The number of benzene rings is 3. The summed E-state index contributed by atoms with van der Waals surface area (Å²) in [6.45, 7) is 2.25. The van der Waals surface area contributed by atoms with Crippen molar-refractivity contribution < 1.29 is 19.1 Å². The largest absolute Gasteiger partial charge is 0.488 e. The molecular formula is C25H23NO4. The normalized spacial score (nSPS) is 12.1. The summed E-state index contributed by atoms with van der Waals surface area (Å²) in [5.41, 5.74) is 11.6. The Morgan fingerprint density at radius 1 is 1.03 bits per heavy atom. The van der Waals surface area contributed by atoms with Crippen molar-refractivity contribution in [1.29, 1.82) is 0 Å². The first-order valence-electron chi connectivity index (χ1n) is 9.80. The number of hydrogen-bond acceptors (Lipinski definition) is 4. The molecule has 0 saturated heterocycles. The first kappa shape index (κ1) is 19.7. The molecule has 0 unspecified atom stereocenters. The summed E-state index contributed by atoms with van der Waals surface area (Å²) in [6.07, 6.45) is 1.61. The van der Waals surface area contributed by atoms with Crippen LogP contribution in [-0.4, -0.2) is 11.1 Å². The lowest BCUT2D eigenvalue weighted by Crippen LogP contribution is -2.04. The summed E-state index contributed by atoms with van der Waals surface area (Å²) in [4.78, 5) is 11.1. The number of aliphatic carboxylic acids is 1. The number of carboxylic acids is 1. The number of fused-ring (bicyclic) bond motifs is 1. The lowest BCUT2D eigenvalue weighted by Gasteiger charge is -2.10. The van der Waals surface area contributed by atoms with Crippen LogP contribution in [0.3, 0.4) is 0 Å². The van der Waals surface area contributed by atoms with E-state index in [1.165, 1.54) is 0 Å². The van der Waals surface area contributed by atoms with Gasteiger partial charge in [0.25, 0.3) is 0 Å². The Labute approximate surface area is 174 Å². The van der Waals surface area contributed by atoms with Crippen molar-refractivity contribution in [1.82, 2.24) is 0 Å². The smallest absolute Gasteiger partial charge is 0.307 e. The fraction of sp³-hybridized carbons (Fsp3) is 0.160. The van der Waals surface area contributed by atoms with E-state index in [0.717, 1.165) is 33.2 Å². The first-order chi connectivity index (χ1) is 14.5. The van der Waals surface area contributed by atoms with Gasteiger partial charge in [0.2, 0.25) is 0 Å². The molecule has 30 heavy (non-hydrogen) atoms. The molecule has 4 aromatic rings. The monoisotopic (exact) mass is 401 g/mol. The Hall–Kier alpha value is -3.57. The van der Waals surface area contributed by atoms with E-state index in [2.05, 4.69) is 18.2 Å². The Morgan fingerprint density at radius 2 is 1.83 bits per heavy atom. The Bertz CT molecular complexity index is 1190. The summed E-state index contributed by atoms with van der Waals surface area (Å²) < 4.78 is 11.6. The van der Waals surface area contributed by atoms with Crippen LogP contribution < -0.4 is 10.5 Å². The summed E-state index contributed by atoms with van der Waals surface area (Å²) in [7, 11) is 0. The highest BCUT2D eigenvalue weighted by Gasteiger charge is 2.12. The highest BCUT2D eigenvalue weighted by molar-refractivity contribution is 5.86. The van der Waals surface area contributed by atoms with Crippen molar-refractivity contribution in [2.75, 3.05) is 0 Å². The van der Waals surface area contributed by atoms with Gasteiger partial charge in [-0.2, -0.15) is 0 Å². The second-order valence-electron chi connectivity index (χ2n) is 7.35. The van der Waals surface area contributed by atoms with E-state index in [0.29, 0.717) is 11.3 Å². The number of carboxylic acid groups (broad SMARTS) is 1. The van der Waals surface area contributed by atoms with Gasteiger partial charge in [-0.25, -0.2) is 0 Å². The van der Waals surface area contributed by atoms with Crippen LogP contribution in [0.1, 0.15) is 29.7 Å². The minimum absolute atomic E-state index is 0.0302. The minimum atomic E-state index is -0.890. The molecule has 1 atom stereocenters. The molecule has 0 spiro atoms. The molecule has 5 heteroatoms. The molecule has 0 radical (unpaired) electrons. The van der Waals surface area contributed by atoms with Crippen LogP contribution in [0.2, 0.25) is 0 Å². The minimum Gasteiger partial charge on any atom is -0.488 e. The highest BCUT2D eigenvalue weighted by Crippen LogP contribution is 2.30. The van der Waals surface area contributed by atoms with Crippen LogP contribution in [0.25, 0.3) is 22.1 Å². The average Bonchev–Trinajstić information content (AvgIpc) is 3.15. The zero-order valence-electron chi connectivity index (χ0n) is 16.7. The molecule has 1 heterocycles. The first-order valence-corrected chi connectivity index (χ1v) is 9.80. The summed E-state index contributed by atoms with van der Waals surface area (Å²) >= 11 is 0. The van der Waals surface area contributed by atoms with Crippen molar-refractivity contribution in [2.45, 2.75) is 26.0 Å². The molecule has 0 aliphatic heterocycles. The van der Waals surface area contributed by atoms with E-state index < -0.39 is 5.97 Å². The van der Waals surface area contributed by atoms with Gasteiger partial charge in [-0.15, -0.1) is 0 Å². The van der Waals surface area contributed by atoms with Gasteiger partial charge in [-0.1, -0.05) is 42.5 Å². The Balaban J connectivity index is 1.61. The molecule has 0 fully saturated rings. The van der Waals surface area contributed by atoms with Crippen molar-refractivity contribution in [3.8, 4) is 16.9 Å². The third-order valence-corrected chi connectivity index (χ3v) is 5.10. The van der Waals surface area contributed by atoms with Crippen LogP contribution in [-0.2, 0) is 17.8 Å². The van der Waals surface area contributed by atoms with E-state index in [-0.39, 0.29) is 19.1 Å². The molecular weight excluding hydrogens is 378 g/mol. The fourth-order valence-electron chi connectivity index (χ4n) is 3.48. The summed E-state index contributed by atoms with van der Waals surface area (Å²) in [5.74, 6) is -0.325. The van der Waals surface area contributed by atoms with Gasteiger partial charge in [-0.3, -0.25) is 4.79 Å². The van der Waals surface area contributed by atoms with E-state index in [1.54, 1.807) is 24.5 Å². The van der Waals surface area contributed by atoms with Crippen LogP contribution >= 0.6 is 0 Å². The maximum atomic E-state index is 11.1. The predicted octanol–water partition coefficient (Wildman–Crippen LogP) is 5.33. The molecule has 0 amide bonds. The standard InChI is InChI=1S/C25H23NO4/c1-16(26)17-6-4-7-18(11-17)19-9-10-24-22(12-19)21(15-30-24)14-29-23-8-3-2-5-20(23)13-25(27)28/h2-12,15-16H,13-14,26H2,1H3,(H,27,28)/t16-/m1/s1. The Kier molecular flexibility index (Phi) is 5.55. The molecule has 152 valence electrons. The quantitative estimate of drug-likeness (QED) is 0.437. The third kappa shape index (κ3) is 4.21. The van der Waals surface area contributed by atoms with Gasteiger partial charge in [-0.05, 0) is 47.9 Å². The number of nitrogens with two attached hydrogens (primary N) is 1. The lowest BCUT2D eigenvalue weighted by atomic mass is 9.99. The van der Waals surface area contributed by atoms with Gasteiger partial charge in [0, 0.05) is 22.6 Å². The van der Waals surface area contributed by atoms with Gasteiger partial charge in [0.15, 0.2) is 0 Å².